The zero-order valence-corrected chi connectivity index (χ0v) is 14.1. The number of anilines is 1. The average Bonchev–Trinajstić information content (AvgIpc) is 2.56. The average molecular weight is 335 g/mol. The molecular weight excluding hydrogens is 315 g/mol. The van der Waals surface area contributed by atoms with Crippen molar-refractivity contribution in [3.8, 4) is 0 Å². The SMILES string of the molecule is CCC(CC)C(=O)N(Cc1ccc(F)cc1Cl)c1ccccn1. The van der Waals surface area contributed by atoms with E-state index in [0.717, 1.165) is 12.8 Å². The minimum absolute atomic E-state index is 0.00842. The third-order valence-corrected chi connectivity index (χ3v) is 4.22. The molecule has 2 aromatic rings. The van der Waals surface area contributed by atoms with Gasteiger partial charge in [0.25, 0.3) is 0 Å². The summed E-state index contributed by atoms with van der Waals surface area (Å²) in [7, 11) is 0. The van der Waals surface area contributed by atoms with Crippen molar-refractivity contribution in [3.63, 3.8) is 0 Å². The van der Waals surface area contributed by atoms with E-state index in [1.165, 1.54) is 12.1 Å². The third-order valence-electron chi connectivity index (χ3n) is 3.87. The fourth-order valence-electron chi connectivity index (χ4n) is 2.46. The molecule has 0 N–H and O–H groups in total. The molecule has 0 spiro atoms. The van der Waals surface area contributed by atoms with E-state index >= 15 is 0 Å². The van der Waals surface area contributed by atoms with E-state index < -0.39 is 5.82 Å². The van der Waals surface area contributed by atoms with Crippen LogP contribution in [0.25, 0.3) is 0 Å². The van der Waals surface area contributed by atoms with E-state index in [4.69, 9.17) is 11.6 Å². The van der Waals surface area contributed by atoms with Crippen LogP contribution in [0.3, 0.4) is 0 Å². The van der Waals surface area contributed by atoms with Gasteiger partial charge in [-0.2, -0.15) is 0 Å². The number of benzene rings is 1. The first-order chi connectivity index (χ1) is 11.1. The molecular formula is C18H20ClFN2O. The van der Waals surface area contributed by atoms with Gasteiger partial charge < -0.3 is 0 Å². The predicted octanol–water partition coefficient (Wildman–Crippen LogP) is 4.84. The molecule has 0 aliphatic carbocycles. The Balaban J connectivity index is 2.35. The molecule has 3 nitrogen and oxygen atoms in total. The quantitative estimate of drug-likeness (QED) is 0.757. The first-order valence-electron chi connectivity index (χ1n) is 7.73. The monoisotopic (exact) mass is 334 g/mol. The molecule has 1 heterocycles. The summed E-state index contributed by atoms with van der Waals surface area (Å²) >= 11 is 6.11. The largest absolute Gasteiger partial charge is 0.292 e. The number of carbonyl (C=O) groups excluding carboxylic acids is 1. The number of rotatable bonds is 6. The highest BCUT2D eigenvalue weighted by Gasteiger charge is 2.24. The molecule has 0 bridgehead atoms. The van der Waals surface area contributed by atoms with Gasteiger partial charge in [-0.05, 0) is 42.7 Å². The molecule has 122 valence electrons. The Kier molecular flexibility index (Phi) is 6.11. The summed E-state index contributed by atoms with van der Waals surface area (Å²) in [5.74, 6) is 0.115. The van der Waals surface area contributed by atoms with Crippen LogP contribution in [-0.4, -0.2) is 10.9 Å². The van der Waals surface area contributed by atoms with E-state index in [1.807, 2.05) is 19.9 Å². The van der Waals surface area contributed by atoms with Crippen molar-refractivity contribution in [1.29, 1.82) is 0 Å². The summed E-state index contributed by atoms with van der Waals surface area (Å²) in [6, 6.07) is 9.63. The highest BCUT2D eigenvalue weighted by Crippen LogP contribution is 2.24. The van der Waals surface area contributed by atoms with Gasteiger partial charge in [0.2, 0.25) is 5.91 Å². The lowest BCUT2D eigenvalue weighted by Crippen LogP contribution is -2.36. The lowest BCUT2D eigenvalue weighted by atomic mass is 10.0. The van der Waals surface area contributed by atoms with Crippen molar-refractivity contribution in [3.05, 3.63) is 59.0 Å². The number of pyridine rings is 1. The Bertz CT molecular complexity index is 659. The highest BCUT2D eigenvalue weighted by molar-refractivity contribution is 6.31. The van der Waals surface area contributed by atoms with Crippen LogP contribution in [-0.2, 0) is 11.3 Å². The maximum absolute atomic E-state index is 13.2. The van der Waals surface area contributed by atoms with Crippen LogP contribution in [0.1, 0.15) is 32.3 Å². The number of nitrogens with zero attached hydrogens (tertiary/aromatic N) is 2. The summed E-state index contributed by atoms with van der Waals surface area (Å²) < 4.78 is 13.2. The van der Waals surface area contributed by atoms with E-state index in [0.29, 0.717) is 16.4 Å². The minimum Gasteiger partial charge on any atom is -0.292 e. The standard InChI is InChI=1S/C18H20ClFN2O/c1-3-13(4-2)18(23)22(17-7-5-6-10-21-17)12-14-8-9-15(20)11-16(14)19/h5-11,13H,3-4,12H2,1-2H3. The van der Waals surface area contributed by atoms with Crippen LogP contribution < -0.4 is 4.90 Å². The molecule has 5 heteroatoms. The molecule has 0 aliphatic heterocycles. The van der Waals surface area contributed by atoms with Crippen molar-refractivity contribution >= 4 is 23.3 Å². The second-order valence-corrected chi connectivity index (χ2v) is 5.77. The Hall–Kier alpha value is -1.94. The van der Waals surface area contributed by atoms with Crippen molar-refractivity contribution < 1.29 is 9.18 Å². The lowest BCUT2D eigenvalue weighted by Gasteiger charge is -2.26. The van der Waals surface area contributed by atoms with Crippen molar-refractivity contribution in [2.75, 3.05) is 4.90 Å². The molecule has 0 aliphatic rings. The molecule has 0 saturated carbocycles. The fourth-order valence-corrected chi connectivity index (χ4v) is 2.69. The second kappa shape index (κ2) is 8.06. The summed E-state index contributed by atoms with van der Waals surface area (Å²) in [4.78, 5) is 18.8. The fraction of sp³-hybridized carbons (Fsp3) is 0.333. The lowest BCUT2D eigenvalue weighted by molar-refractivity contribution is -0.122. The van der Waals surface area contributed by atoms with Crippen LogP contribution in [0.2, 0.25) is 5.02 Å². The molecule has 23 heavy (non-hydrogen) atoms. The molecule has 0 atom stereocenters. The van der Waals surface area contributed by atoms with Gasteiger partial charge in [-0.25, -0.2) is 9.37 Å². The normalized spacial score (nSPS) is 10.8. The summed E-state index contributed by atoms with van der Waals surface area (Å²) in [5, 5.41) is 0.309. The first kappa shape index (κ1) is 17.4. The van der Waals surface area contributed by atoms with Gasteiger partial charge in [-0.1, -0.05) is 37.6 Å². The number of hydrogen-bond acceptors (Lipinski definition) is 2. The van der Waals surface area contributed by atoms with Gasteiger partial charge in [-0.3, -0.25) is 9.69 Å². The maximum atomic E-state index is 13.2. The molecule has 1 aromatic heterocycles. The molecule has 2 rings (SSSR count). The smallest absolute Gasteiger partial charge is 0.231 e. The van der Waals surface area contributed by atoms with Gasteiger partial charge in [0, 0.05) is 17.1 Å². The molecule has 1 amide bonds. The van der Waals surface area contributed by atoms with Gasteiger partial charge in [0.1, 0.15) is 11.6 Å². The third kappa shape index (κ3) is 4.29. The van der Waals surface area contributed by atoms with Crippen LogP contribution in [0, 0.1) is 11.7 Å². The highest BCUT2D eigenvalue weighted by atomic mass is 35.5. The van der Waals surface area contributed by atoms with Crippen molar-refractivity contribution in [2.45, 2.75) is 33.2 Å². The van der Waals surface area contributed by atoms with E-state index in [1.54, 1.807) is 29.3 Å². The zero-order chi connectivity index (χ0) is 16.8. The van der Waals surface area contributed by atoms with E-state index in [2.05, 4.69) is 4.98 Å². The Labute approximate surface area is 141 Å². The molecule has 0 radical (unpaired) electrons. The van der Waals surface area contributed by atoms with Gasteiger partial charge in [-0.15, -0.1) is 0 Å². The molecule has 0 fully saturated rings. The van der Waals surface area contributed by atoms with Crippen LogP contribution in [0.4, 0.5) is 10.2 Å². The second-order valence-electron chi connectivity index (χ2n) is 5.36. The minimum atomic E-state index is -0.394. The van der Waals surface area contributed by atoms with E-state index in [9.17, 15) is 9.18 Å². The Morgan fingerprint density at radius 2 is 2.00 bits per heavy atom. The van der Waals surface area contributed by atoms with E-state index in [-0.39, 0.29) is 18.4 Å². The zero-order valence-electron chi connectivity index (χ0n) is 13.3. The van der Waals surface area contributed by atoms with Gasteiger partial charge in [0.15, 0.2) is 0 Å². The Morgan fingerprint density at radius 1 is 1.26 bits per heavy atom. The molecule has 0 saturated heterocycles. The number of aromatic nitrogens is 1. The molecule has 0 unspecified atom stereocenters. The summed E-state index contributed by atoms with van der Waals surface area (Å²) in [6.45, 7) is 4.26. The first-order valence-corrected chi connectivity index (χ1v) is 8.10. The number of halogens is 2. The van der Waals surface area contributed by atoms with Gasteiger partial charge in [0.05, 0.1) is 6.54 Å². The number of hydrogen-bond donors (Lipinski definition) is 0. The topological polar surface area (TPSA) is 33.2 Å². The van der Waals surface area contributed by atoms with Gasteiger partial charge >= 0.3 is 0 Å². The predicted molar refractivity (Wildman–Crippen MR) is 90.9 cm³/mol. The maximum Gasteiger partial charge on any atom is 0.231 e. The van der Waals surface area contributed by atoms with Crippen molar-refractivity contribution in [2.24, 2.45) is 5.92 Å². The number of carbonyl (C=O) groups is 1. The van der Waals surface area contributed by atoms with Crippen LogP contribution in [0.15, 0.2) is 42.6 Å². The number of amides is 1. The Morgan fingerprint density at radius 3 is 2.57 bits per heavy atom. The van der Waals surface area contributed by atoms with Crippen LogP contribution in [0.5, 0.6) is 0 Å². The van der Waals surface area contributed by atoms with Crippen molar-refractivity contribution in [1.82, 2.24) is 4.98 Å². The summed E-state index contributed by atoms with van der Waals surface area (Å²) in [6.07, 6.45) is 3.17. The summed E-state index contributed by atoms with van der Waals surface area (Å²) in [5.41, 5.74) is 0.693. The molecule has 1 aromatic carbocycles. The van der Waals surface area contributed by atoms with Crippen LogP contribution >= 0.6 is 11.6 Å².